The molecule has 1 aromatic carbocycles. The number of aliphatic hydroxyl groups is 1. The summed E-state index contributed by atoms with van der Waals surface area (Å²) in [7, 11) is 1.62. The number of amides is 1. The van der Waals surface area contributed by atoms with Crippen LogP contribution >= 0.6 is 0 Å². The highest BCUT2D eigenvalue weighted by Crippen LogP contribution is 2.25. The predicted octanol–water partition coefficient (Wildman–Crippen LogP) is 1.80. The Bertz CT molecular complexity index is 571. The van der Waals surface area contributed by atoms with Crippen LogP contribution in [-0.2, 0) is 11.3 Å². The first kappa shape index (κ1) is 15.4. The minimum atomic E-state index is -0.175. The maximum Gasteiger partial charge on any atom is 0.223 e. The molecular formula is C17H21NO3. The van der Waals surface area contributed by atoms with Crippen molar-refractivity contribution in [1.29, 1.82) is 0 Å². The molecule has 1 unspecified atom stereocenters. The Kier molecular flexibility index (Phi) is 5.24. The average Bonchev–Trinajstić information content (AvgIpc) is 2.86. The lowest BCUT2D eigenvalue weighted by Gasteiger charge is -2.18. The quantitative estimate of drug-likeness (QED) is 0.859. The molecule has 1 N–H and O–H groups in total. The number of methoxy groups -OCH3 is 1. The van der Waals surface area contributed by atoms with Crippen LogP contribution in [0.2, 0.25) is 0 Å². The van der Waals surface area contributed by atoms with Crippen molar-refractivity contribution in [3.63, 3.8) is 0 Å². The van der Waals surface area contributed by atoms with Crippen molar-refractivity contribution in [2.75, 3.05) is 20.3 Å². The standard InChI is InChI=1S/C17H21NO3/c1-3-13-9-17(20)18(11-13)12-15-10-16(21-2)7-6-14(15)5-4-8-19/h6-7,10,13,19H,3,8-9,11-12H2,1-2H3. The van der Waals surface area contributed by atoms with E-state index in [0.717, 1.165) is 29.8 Å². The number of hydrogen-bond donors (Lipinski definition) is 1. The van der Waals surface area contributed by atoms with Crippen molar-refractivity contribution in [1.82, 2.24) is 4.90 Å². The normalized spacial score (nSPS) is 17.6. The zero-order valence-electron chi connectivity index (χ0n) is 12.6. The summed E-state index contributed by atoms with van der Waals surface area (Å²) in [6, 6.07) is 5.62. The molecule has 1 saturated heterocycles. The van der Waals surface area contributed by atoms with Gasteiger partial charge in [0.1, 0.15) is 12.4 Å². The first-order valence-electron chi connectivity index (χ1n) is 7.22. The third-order valence-electron chi connectivity index (χ3n) is 3.85. The van der Waals surface area contributed by atoms with Gasteiger partial charge in [-0.25, -0.2) is 0 Å². The van der Waals surface area contributed by atoms with Gasteiger partial charge in [-0.05, 0) is 29.7 Å². The maximum absolute atomic E-state index is 12.0. The Hall–Kier alpha value is -1.99. The van der Waals surface area contributed by atoms with E-state index in [1.165, 1.54) is 0 Å². The van der Waals surface area contributed by atoms with E-state index in [9.17, 15) is 4.79 Å². The molecule has 0 spiro atoms. The van der Waals surface area contributed by atoms with Crippen LogP contribution in [0.4, 0.5) is 0 Å². The maximum atomic E-state index is 12.0. The minimum absolute atomic E-state index is 0.175. The molecule has 0 radical (unpaired) electrons. The van der Waals surface area contributed by atoms with Gasteiger partial charge in [0.2, 0.25) is 5.91 Å². The van der Waals surface area contributed by atoms with Gasteiger partial charge in [0, 0.05) is 25.1 Å². The molecule has 0 bridgehead atoms. The fraction of sp³-hybridized carbons (Fsp3) is 0.471. The molecule has 1 heterocycles. The van der Waals surface area contributed by atoms with Gasteiger partial charge in [-0.3, -0.25) is 4.79 Å². The van der Waals surface area contributed by atoms with E-state index in [-0.39, 0.29) is 12.5 Å². The molecule has 4 nitrogen and oxygen atoms in total. The van der Waals surface area contributed by atoms with E-state index in [1.54, 1.807) is 7.11 Å². The second kappa shape index (κ2) is 7.14. The number of hydrogen-bond acceptors (Lipinski definition) is 3. The summed E-state index contributed by atoms with van der Waals surface area (Å²) in [5.41, 5.74) is 1.79. The number of carbonyl (C=O) groups is 1. The number of likely N-dealkylation sites (tertiary alicyclic amines) is 1. The second-order valence-electron chi connectivity index (χ2n) is 5.24. The highest BCUT2D eigenvalue weighted by Gasteiger charge is 2.28. The Labute approximate surface area is 125 Å². The summed E-state index contributed by atoms with van der Waals surface area (Å²) < 4.78 is 5.25. The smallest absolute Gasteiger partial charge is 0.223 e. The van der Waals surface area contributed by atoms with Crippen molar-refractivity contribution >= 4 is 5.91 Å². The summed E-state index contributed by atoms with van der Waals surface area (Å²) >= 11 is 0. The van der Waals surface area contributed by atoms with E-state index in [0.29, 0.717) is 18.9 Å². The fourth-order valence-corrected chi connectivity index (χ4v) is 2.57. The van der Waals surface area contributed by atoms with Gasteiger partial charge < -0.3 is 14.7 Å². The third kappa shape index (κ3) is 3.77. The van der Waals surface area contributed by atoms with Gasteiger partial charge >= 0.3 is 0 Å². The molecule has 1 atom stereocenters. The SMILES string of the molecule is CCC1CC(=O)N(Cc2cc(OC)ccc2C#CCO)C1. The van der Waals surface area contributed by atoms with Crippen LogP contribution in [0.1, 0.15) is 30.9 Å². The Morgan fingerprint density at radius 3 is 2.90 bits per heavy atom. The lowest BCUT2D eigenvalue weighted by atomic mass is 10.1. The number of rotatable bonds is 4. The highest BCUT2D eigenvalue weighted by atomic mass is 16.5. The number of ether oxygens (including phenoxy) is 1. The molecule has 112 valence electrons. The van der Waals surface area contributed by atoms with Crippen LogP contribution in [0.3, 0.4) is 0 Å². The van der Waals surface area contributed by atoms with Gasteiger partial charge in [-0.15, -0.1) is 0 Å². The summed E-state index contributed by atoms with van der Waals surface area (Å²) in [6.45, 7) is 3.29. The minimum Gasteiger partial charge on any atom is -0.497 e. The van der Waals surface area contributed by atoms with Crippen LogP contribution in [0, 0.1) is 17.8 Å². The third-order valence-corrected chi connectivity index (χ3v) is 3.85. The Morgan fingerprint density at radius 2 is 2.29 bits per heavy atom. The highest BCUT2D eigenvalue weighted by molar-refractivity contribution is 5.78. The lowest BCUT2D eigenvalue weighted by Crippen LogP contribution is -2.25. The Balaban J connectivity index is 2.23. The molecule has 21 heavy (non-hydrogen) atoms. The molecule has 1 fully saturated rings. The van der Waals surface area contributed by atoms with Gasteiger partial charge in [0.25, 0.3) is 0 Å². The van der Waals surface area contributed by atoms with Gasteiger partial charge in [-0.1, -0.05) is 25.2 Å². The summed E-state index contributed by atoms with van der Waals surface area (Å²) in [6.07, 6.45) is 1.66. The lowest BCUT2D eigenvalue weighted by molar-refractivity contribution is -0.128. The van der Waals surface area contributed by atoms with Crippen molar-refractivity contribution < 1.29 is 14.6 Å². The van der Waals surface area contributed by atoms with Crippen LogP contribution in [-0.4, -0.2) is 36.2 Å². The fourth-order valence-electron chi connectivity index (χ4n) is 2.57. The van der Waals surface area contributed by atoms with E-state index >= 15 is 0 Å². The molecule has 1 aliphatic heterocycles. The molecule has 1 amide bonds. The molecule has 1 aromatic rings. The van der Waals surface area contributed by atoms with E-state index in [4.69, 9.17) is 9.84 Å². The second-order valence-corrected chi connectivity index (χ2v) is 5.24. The first-order valence-corrected chi connectivity index (χ1v) is 7.22. The number of benzene rings is 1. The van der Waals surface area contributed by atoms with Gasteiger partial charge in [0.15, 0.2) is 0 Å². The molecule has 0 aromatic heterocycles. The first-order chi connectivity index (χ1) is 10.2. The molecular weight excluding hydrogens is 266 g/mol. The van der Waals surface area contributed by atoms with Crippen molar-refractivity contribution in [3.8, 4) is 17.6 Å². The molecule has 0 saturated carbocycles. The monoisotopic (exact) mass is 287 g/mol. The van der Waals surface area contributed by atoms with Gasteiger partial charge in [0.05, 0.1) is 7.11 Å². The molecule has 0 aliphatic carbocycles. The summed E-state index contributed by atoms with van der Waals surface area (Å²) in [5.74, 6) is 7.00. The molecule has 4 heteroatoms. The number of aliphatic hydroxyl groups excluding tert-OH is 1. The van der Waals surface area contributed by atoms with Crippen molar-refractivity contribution in [3.05, 3.63) is 29.3 Å². The van der Waals surface area contributed by atoms with Gasteiger partial charge in [-0.2, -0.15) is 0 Å². The predicted molar refractivity (Wildman–Crippen MR) is 80.8 cm³/mol. The molecule has 2 rings (SSSR count). The zero-order valence-corrected chi connectivity index (χ0v) is 12.6. The van der Waals surface area contributed by atoms with Crippen LogP contribution in [0.15, 0.2) is 18.2 Å². The average molecular weight is 287 g/mol. The Morgan fingerprint density at radius 1 is 1.48 bits per heavy atom. The van der Waals surface area contributed by atoms with E-state index < -0.39 is 0 Å². The van der Waals surface area contributed by atoms with Crippen LogP contribution in [0.25, 0.3) is 0 Å². The van der Waals surface area contributed by atoms with E-state index in [2.05, 4.69) is 18.8 Å². The largest absolute Gasteiger partial charge is 0.497 e. The summed E-state index contributed by atoms with van der Waals surface area (Å²) in [5, 5.41) is 8.85. The zero-order chi connectivity index (χ0) is 15.2. The van der Waals surface area contributed by atoms with Crippen LogP contribution in [0.5, 0.6) is 5.75 Å². The number of carbonyl (C=O) groups excluding carboxylic acids is 1. The van der Waals surface area contributed by atoms with Crippen molar-refractivity contribution in [2.45, 2.75) is 26.3 Å². The molecule has 1 aliphatic rings. The van der Waals surface area contributed by atoms with E-state index in [1.807, 2.05) is 23.1 Å². The topological polar surface area (TPSA) is 49.8 Å². The summed E-state index contributed by atoms with van der Waals surface area (Å²) in [4.78, 5) is 13.9. The van der Waals surface area contributed by atoms with Crippen LogP contribution < -0.4 is 4.74 Å². The number of nitrogens with zero attached hydrogens (tertiary/aromatic N) is 1. The van der Waals surface area contributed by atoms with Crippen molar-refractivity contribution in [2.24, 2.45) is 5.92 Å².